The fraction of sp³-hybridized carbons (Fsp3) is 0.286. The van der Waals surface area contributed by atoms with Gasteiger partial charge in [0, 0.05) is 12.6 Å². The third-order valence-corrected chi connectivity index (χ3v) is 6.07. The monoisotopic (exact) mass is 463 g/mol. The number of aliphatic hydroxyl groups excluding tert-OH is 1. The Morgan fingerprint density at radius 3 is 2.72 bits per heavy atom. The molecular formula is C21H27N4O6S+. The number of anilines is 1. The number of hydrogen-bond donors (Lipinski definition) is 6. The summed E-state index contributed by atoms with van der Waals surface area (Å²) in [7, 11) is -2.25. The molecule has 1 aromatic heterocycles. The molecule has 0 saturated carbocycles. The lowest BCUT2D eigenvalue weighted by Gasteiger charge is -2.34. The SMILES string of the molecule is COc1ccc2c(c1)S(O)(O)N=C(/C(C(=O)NCCC(C)C)=C(\O)C(=[NH2+])c1ccco1)N2. The molecule has 172 valence electrons. The van der Waals surface area contributed by atoms with E-state index in [-0.39, 0.29) is 27.8 Å². The summed E-state index contributed by atoms with van der Waals surface area (Å²) >= 11 is 0. The lowest BCUT2D eigenvalue weighted by molar-refractivity contribution is -0.119. The number of aliphatic hydroxyl groups is 1. The molecule has 3 rings (SSSR count). The third-order valence-electron chi connectivity index (χ3n) is 4.71. The van der Waals surface area contributed by atoms with Crippen molar-refractivity contribution in [2.24, 2.45) is 10.3 Å². The van der Waals surface area contributed by atoms with Gasteiger partial charge in [0.1, 0.15) is 16.2 Å². The van der Waals surface area contributed by atoms with Crippen LogP contribution < -0.4 is 20.8 Å². The van der Waals surface area contributed by atoms with Crippen LogP contribution in [0.25, 0.3) is 0 Å². The lowest BCUT2D eigenvalue weighted by Crippen LogP contribution is -2.44. The fourth-order valence-corrected chi connectivity index (χ4v) is 4.15. The summed E-state index contributed by atoms with van der Waals surface area (Å²) in [5.41, 5.74) is -0.248. The van der Waals surface area contributed by atoms with Crippen LogP contribution in [0.5, 0.6) is 5.75 Å². The molecule has 0 saturated heterocycles. The second-order valence-electron chi connectivity index (χ2n) is 7.50. The number of ether oxygens (including phenoxy) is 1. The number of carbonyl (C=O) groups excluding carboxylic acids is 1. The average molecular weight is 464 g/mol. The molecule has 1 aromatic carbocycles. The van der Waals surface area contributed by atoms with Gasteiger partial charge in [-0.2, -0.15) is 0 Å². The van der Waals surface area contributed by atoms with Crippen LogP contribution in [0.4, 0.5) is 5.69 Å². The van der Waals surface area contributed by atoms with Gasteiger partial charge in [0.25, 0.3) is 11.6 Å². The van der Waals surface area contributed by atoms with Crippen molar-refractivity contribution in [1.29, 1.82) is 0 Å². The van der Waals surface area contributed by atoms with Crippen molar-refractivity contribution < 1.29 is 33.6 Å². The lowest BCUT2D eigenvalue weighted by atomic mass is 10.1. The third kappa shape index (κ3) is 4.96. The molecule has 0 spiro atoms. The second kappa shape index (κ2) is 9.47. The number of methoxy groups -OCH3 is 1. The van der Waals surface area contributed by atoms with Crippen LogP contribution in [-0.4, -0.2) is 45.3 Å². The minimum atomic E-state index is -3.70. The Labute approximate surface area is 187 Å². The van der Waals surface area contributed by atoms with Crippen molar-refractivity contribution in [3.63, 3.8) is 0 Å². The maximum atomic E-state index is 13.0. The molecular weight excluding hydrogens is 436 g/mol. The highest BCUT2D eigenvalue weighted by Gasteiger charge is 2.34. The molecule has 0 aliphatic carbocycles. The van der Waals surface area contributed by atoms with E-state index in [1.807, 2.05) is 13.8 Å². The van der Waals surface area contributed by atoms with Gasteiger partial charge < -0.3 is 24.9 Å². The van der Waals surface area contributed by atoms with E-state index >= 15 is 0 Å². The first kappa shape index (κ1) is 23.4. The summed E-state index contributed by atoms with van der Waals surface area (Å²) in [4.78, 5) is 13.1. The molecule has 0 fully saturated rings. The Balaban J connectivity index is 2.05. The van der Waals surface area contributed by atoms with Crippen LogP contribution in [0.2, 0.25) is 0 Å². The van der Waals surface area contributed by atoms with Crippen LogP contribution in [0.1, 0.15) is 26.0 Å². The molecule has 1 aliphatic heterocycles. The summed E-state index contributed by atoms with van der Waals surface area (Å²) in [6, 6.07) is 7.70. The Morgan fingerprint density at radius 1 is 1.34 bits per heavy atom. The van der Waals surface area contributed by atoms with E-state index in [0.29, 0.717) is 30.3 Å². The number of nitrogens with one attached hydrogen (secondary N) is 2. The molecule has 1 aliphatic rings. The van der Waals surface area contributed by atoms with Crippen molar-refractivity contribution in [3.05, 3.63) is 53.7 Å². The second-order valence-corrected chi connectivity index (χ2v) is 9.16. The first-order valence-corrected chi connectivity index (χ1v) is 11.4. The predicted molar refractivity (Wildman–Crippen MR) is 122 cm³/mol. The summed E-state index contributed by atoms with van der Waals surface area (Å²) < 4.78 is 35.6. The average Bonchev–Trinajstić information content (AvgIpc) is 3.27. The van der Waals surface area contributed by atoms with E-state index in [0.717, 1.165) is 0 Å². The highest BCUT2D eigenvalue weighted by molar-refractivity contribution is 8.23. The summed E-state index contributed by atoms with van der Waals surface area (Å²) in [6.45, 7) is 4.36. The van der Waals surface area contributed by atoms with E-state index in [1.165, 1.54) is 25.5 Å². The topological polar surface area (TPSA) is 162 Å². The quantitative estimate of drug-likeness (QED) is 0.199. The van der Waals surface area contributed by atoms with Crippen molar-refractivity contribution in [1.82, 2.24) is 5.32 Å². The van der Waals surface area contributed by atoms with Crippen molar-refractivity contribution in [3.8, 4) is 5.75 Å². The van der Waals surface area contributed by atoms with Crippen LogP contribution in [0, 0.1) is 5.92 Å². The first-order chi connectivity index (χ1) is 15.1. The largest absolute Gasteiger partial charge is 0.502 e. The van der Waals surface area contributed by atoms with Crippen LogP contribution in [-0.2, 0) is 4.79 Å². The number of nitrogens with zero attached hydrogens (tertiary/aromatic N) is 1. The highest BCUT2D eigenvalue weighted by atomic mass is 32.3. The normalized spacial score (nSPS) is 16.2. The number of nitrogens with two attached hydrogens (primary N) is 1. The number of amidine groups is 1. The maximum absolute atomic E-state index is 13.0. The molecule has 7 N–H and O–H groups in total. The number of allylic oxidation sites excluding steroid dienone is 1. The fourth-order valence-electron chi connectivity index (χ4n) is 2.97. The molecule has 0 radical (unpaired) electrons. The van der Waals surface area contributed by atoms with Gasteiger partial charge in [-0.15, -0.1) is 4.40 Å². The molecule has 2 heterocycles. The minimum Gasteiger partial charge on any atom is -0.502 e. The van der Waals surface area contributed by atoms with Gasteiger partial charge in [0.15, 0.2) is 5.84 Å². The number of amides is 1. The van der Waals surface area contributed by atoms with Gasteiger partial charge in [0.05, 0.1) is 19.1 Å². The summed E-state index contributed by atoms with van der Waals surface area (Å²) in [5, 5.41) is 22.5. The van der Waals surface area contributed by atoms with E-state index in [9.17, 15) is 19.0 Å². The number of carbonyl (C=O) groups is 1. The Morgan fingerprint density at radius 2 is 2.09 bits per heavy atom. The van der Waals surface area contributed by atoms with E-state index in [1.54, 1.807) is 18.2 Å². The molecule has 1 amide bonds. The number of rotatable bonds is 8. The smallest absolute Gasteiger partial charge is 0.282 e. The van der Waals surface area contributed by atoms with Crippen molar-refractivity contribution in [2.45, 2.75) is 25.2 Å². The van der Waals surface area contributed by atoms with Gasteiger partial charge in [0.2, 0.25) is 11.5 Å². The molecule has 0 unspecified atom stereocenters. The molecule has 2 aromatic rings. The molecule has 11 heteroatoms. The van der Waals surface area contributed by atoms with Crippen LogP contribution in [0.3, 0.4) is 0 Å². The van der Waals surface area contributed by atoms with Gasteiger partial charge in [-0.1, -0.05) is 24.6 Å². The predicted octanol–water partition coefficient (Wildman–Crippen LogP) is 2.36. The zero-order valence-electron chi connectivity index (χ0n) is 18.0. The minimum absolute atomic E-state index is 0.0997. The number of hydrogen-bond acceptors (Lipinski definition) is 8. The van der Waals surface area contributed by atoms with Crippen LogP contribution >= 0.6 is 10.8 Å². The number of benzene rings is 1. The number of furan rings is 1. The molecule has 0 bridgehead atoms. The Hall–Kier alpha value is -3.28. The summed E-state index contributed by atoms with van der Waals surface area (Å²) in [6.07, 6.45) is 2.07. The van der Waals surface area contributed by atoms with Crippen molar-refractivity contribution >= 4 is 33.9 Å². The van der Waals surface area contributed by atoms with Crippen molar-refractivity contribution in [2.75, 3.05) is 19.0 Å². The van der Waals surface area contributed by atoms with E-state index in [4.69, 9.17) is 14.6 Å². The zero-order valence-corrected chi connectivity index (χ0v) is 18.8. The molecule has 10 nitrogen and oxygen atoms in total. The molecule has 32 heavy (non-hydrogen) atoms. The van der Waals surface area contributed by atoms with Gasteiger partial charge >= 0.3 is 0 Å². The molecule has 0 atom stereocenters. The van der Waals surface area contributed by atoms with E-state index < -0.39 is 22.4 Å². The standard InChI is InChI=1S/C21H26N4O6S/c1-12(2)8-9-23-21(27)17(19(26)18(22)15-5-4-10-31-15)20-24-14-7-6-13(30-3)11-16(14)32(28,29)25-20/h4-7,10-12,22,26,28-29H,8-9H2,1-3H3,(H,23,27)(H,24,25)/p+1/b19-17+,22-18?. The van der Waals surface area contributed by atoms with Gasteiger partial charge in [-0.05, 0) is 36.6 Å². The van der Waals surface area contributed by atoms with Crippen LogP contribution in [0.15, 0.2) is 61.6 Å². The Kier molecular flexibility index (Phi) is 6.92. The van der Waals surface area contributed by atoms with Gasteiger partial charge in [-0.25, -0.2) is 5.41 Å². The maximum Gasteiger partial charge on any atom is 0.282 e. The summed E-state index contributed by atoms with van der Waals surface area (Å²) in [5.74, 6) is -0.643. The Bertz CT molecular complexity index is 1080. The van der Waals surface area contributed by atoms with Gasteiger partial charge in [-0.3, -0.25) is 13.9 Å². The first-order valence-electron chi connectivity index (χ1n) is 9.85. The zero-order chi connectivity index (χ0) is 23.5. The van der Waals surface area contributed by atoms with E-state index in [2.05, 4.69) is 15.0 Å². The number of fused-ring (bicyclic) bond motifs is 1. The highest BCUT2D eigenvalue weighted by Crippen LogP contribution is 2.56.